The Morgan fingerprint density at radius 1 is 1.26 bits per heavy atom. The number of carbonyl (C=O) groups excluding carboxylic acids is 2. The van der Waals surface area contributed by atoms with Crippen LogP contribution in [0.3, 0.4) is 0 Å². The molecule has 124 valence electrons. The highest BCUT2D eigenvalue weighted by Gasteiger charge is 2.29. The van der Waals surface area contributed by atoms with E-state index in [9.17, 15) is 9.59 Å². The summed E-state index contributed by atoms with van der Waals surface area (Å²) in [6.45, 7) is 1.35. The molecule has 1 saturated heterocycles. The minimum absolute atomic E-state index is 0.00760. The summed E-state index contributed by atoms with van der Waals surface area (Å²) < 4.78 is 5.45. The molecule has 2 amide bonds. The zero-order valence-corrected chi connectivity index (χ0v) is 13.6. The van der Waals surface area contributed by atoms with Crippen LogP contribution in [0.15, 0.2) is 17.2 Å². The number of hydrogen-bond acceptors (Lipinski definition) is 6. The second-order valence-corrected chi connectivity index (χ2v) is 6.74. The molecule has 2 fully saturated rings. The molecule has 2 N–H and O–H groups in total. The van der Waals surface area contributed by atoms with Crippen molar-refractivity contribution in [3.05, 3.63) is 12.1 Å². The normalized spacial score (nSPS) is 20.3. The van der Waals surface area contributed by atoms with Crippen molar-refractivity contribution in [1.82, 2.24) is 15.5 Å². The molecule has 0 aromatic carbocycles. The van der Waals surface area contributed by atoms with Gasteiger partial charge >= 0.3 is 0 Å². The summed E-state index contributed by atoms with van der Waals surface area (Å²) >= 11 is 1.32. The number of thioether (sulfide) groups is 1. The van der Waals surface area contributed by atoms with Crippen LogP contribution in [0, 0.1) is 5.92 Å². The highest BCUT2D eigenvalue weighted by Crippen LogP contribution is 2.29. The summed E-state index contributed by atoms with van der Waals surface area (Å²) in [4.78, 5) is 23.4. The van der Waals surface area contributed by atoms with Gasteiger partial charge in [0.1, 0.15) is 5.03 Å². The van der Waals surface area contributed by atoms with Crippen molar-refractivity contribution >= 4 is 29.4 Å². The SMILES string of the molecule is O=C(CSc1ccc(NC(=O)C2CC2)nn1)NCC1CCCO1. The highest BCUT2D eigenvalue weighted by molar-refractivity contribution is 7.99. The number of anilines is 1. The van der Waals surface area contributed by atoms with E-state index < -0.39 is 0 Å². The van der Waals surface area contributed by atoms with E-state index in [1.807, 2.05) is 0 Å². The molecule has 8 heteroatoms. The molecule has 1 aromatic rings. The van der Waals surface area contributed by atoms with E-state index in [-0.39, 0.29) is 29.6 Å². The van der Waals surface area contributed by atoms with E-state index in [2.05, 4.69) is 20.8 Å². The van der Waals surface area contributed by atoms with Gasteiger partial charge in [0.05, 0.1) is 11.9 Å². The monoisotopic (exact) mass is 336 g/mol. The summed E-state index contributed by atoms with van der Waals surface area (Å²) in [6, 6.07) is 3.47. The van der Waals surface area contributed by atoms with Gasteiger partial charge in [0, 0.05) is 19.1 Å². The second kappa shape index (κ2) is 7.74. The van der Waals surface area contributed by atoms with Crippen molar-refractivity contribution in [3.8, 4) is 0 Å². The van der Waals surface area contributed by atoms with E-state index in [0.717, 1.165) is 32.3 Å². The molecule has 2 aliphatic rings. The zero-order valence-electron chi connectivity index (χ0n) is 12.8. The number of ether oxygens (including phenoxy) is 1. The highest BCUT2D eigenvalue weighted by atomic mass is 32.2. The van der Waals surface area contributed by atoms with E-state index in [1.165, 1.54) is 11.8 Å². The van der Waals surface area contributed by atoms with E-state index in [4.69, 9.17) is 4.74 Å². The summed E-state index contributed by atoms with van der Waals surface area (Å²) in [5, 5.41) is 14.2. The van der Waals surface area contributed by atoms with Crippen LogP contribution in [0.1, 0.15) is 25.7 Å². The van der Waals surface area contributed by atoms with Crippen LogP contribution in [-0.4, -0.2) is 47.0 Å². The Hall–Kier alpha value is -1.67. The third-order valence-corrected chi connectivity index (χ3v) is 4.66. The topological polar surface area (TPSA) is 93.2 Å². The minimum atomic E-state index is -0.0431. The van der Waals surface area contributed by atoms with Crippen LogP contribution in [-0.2, 0) is 14.3 Å². The van der Waals surface area contributed by atoms with Gasteiger partial charge in [-0.15, -0.1) is 10.2 Å². The third-order valence-electron chi connectivity index (χ3n) is 3.74. The van der Waals surface area contributed by atoms with Crippen molar-refractivity contribution in [1.29, 1.82) is 0 Å². The van der Waals surface area contributed by atoms with Gasteiger partial charge in [-0.05, 0) is 37.8 Å². The molecule has 7 nitrogen and oxygen atoms in total. The summed E-state index contributed by atoms with van der Waals surface area (Å²) in [6.07, 6.45) is 4.13. The van der Waals surface area contributed by atoms with Gasteiger partial charge < -0.3 is 15.4 Å². The Labute approximate surface area is 139 Å². The average molecular weight is 336 g/mol. The Balaban J connectivity index is 1.37. The predicted octanol–water partition coefficient (Wildman–Crippen LogP) is 1.21. The Morgan fingerprint density at radius 3 is 2.78 bits per heavy atom. The van der Waals surface area contributed by atoms with E-state index >= 15 is 0 Å². The van der Waals surface area contributed by atoms with Crippen molar-refractivity contribution in [3.63, 3.8) is 0 Å². The predicted molar refractivity (Wildman–Crippen MR) is 86.1 cm³/mol. The molecule has 1 aliphatic carbocycles. The molecular formula is C15H20N4O3S. The standard InChI is InChI=1S/C15H20N4O3S/c20-13(16-8-11-2-1-7-22-11)9-23-14-6-5-12(18-19-14)17-15(21)10-3-4-10/h5-6,10-11H,1-4,7-9H2,(H,16,20)(H,17,18,21). The summed E-state index contributed by atoms with van der Waals surface area (Å²) in [5.74, 6) is 0.842. The molecular weight excluding hydrogens is 316 g/mol. The van der Waals surface area contributed by atoms with Gasteiger partial charge in [-0.1, -0.05) is 11.8 Å². The van der Waals surface area contributed by atoms with Gasteiger partial charge in [0.2, 0.25) is 11.8 Å². The Kier molecular flexibility index (Phi) is 5.45. The van der Waals surface area contributed by atoms with Gasteiger partial charge in [0.15, 0.2) is 5.82 Å². The number of amides is 2. The first-order chi connectivity index (χ1) is 11.2. The first kappa shape index (κ1) is 16.2. The summed E-state index contributed by atoms with van der Waals surface area (Å²) in [5.41, 5.74) is 0. The molecule has 1 aliphatic heterocycles. The molecule has 0 spiro atoms. The average Bonchev–Trinajstić information content (AvgIpc) is 3.29. The quantitative estimate of drug-likeness (QED) is 0.727. The van der Waals surface area contributed by atoms with Gasteiger partial charge in [-0.25, -0.2) is 0 Å². The molecule has 1 saturated carbocycles. The van der Waals surface area contributed by atoms with Crippen molar-refractivity contribution in [2.24, 2.45) is 5.92 Å². The first-order valence-corrected chi connectivity index (χ1v) is 8.85. The lowest BCUT2D eigenvalue weighted by Gasteiger charge is -2.10. The van der Waals surface area contributed by atoms with Gasteiger partial charge in [-0.2, -0.15) is 0 Å². The van der Waals surface area contributed by atoms with Crippen LogP contribution in [0.5, 0.6) is 0 Å². The first-order valence-electron chi connectivity index (χ1n) is 7.86. The summed E-state index contributed by atoms with van der Waals surface area (Å²) in [7, 11) is 0. The third kappa shape index (κ3) is 5.18. The fourth-order valence-electron chi connectivity index (χ4n) is 2.26. The lowest BCUT2D eigenvalue weighted by molar-refractivity contribution is -0.119. The minimum Gasteiger partial charge on any atom is -0.376 e. The van der Waals surface area contributed by atoms with Crippen LogP contribution >= 0.6 is 11.8 Å². The number of hydrogen-bond donors (Lipinski definition) is 2. The molecule has 3 rings (SSSR count). The molecule has 1 unspecified atom stereocenters. The molecule has 1 atom stereocenters. The smallest absolute Gasteiger partial charge is 0.230 e. The maximum Gasteiger partial charge on any atom is 0.230 e. The Bertz CT molecular complexity index is 556. The maximum absolute atomic E-state index is 11.8. The van der Waals surface area contributed by atoms with Crippen LogP contribution in [0.25, 0.3) is 0 Å². The van der Waals surface area contributed by atoms with Crippen molar-refractivity contribution in [2.45, 2.75) is 36.8 Å². The number of nitrogens with zero attached hydrogens (tertiary/aromatic N) is 2. The molecule has 1 aromatic heterocycles. The van der Waals surface area contributed by atoms with Gasteiger partial charge in [-0.3, -0.25) is 9.59 Å². The Morgan fingerprint density at radius 2 is 2.13 bits per heavy atom. The van der Waals surface area contributed by atoms with Crippen LogP contribution < -0.4 is 10.6 Å². The lowest BCUT2D eigenvalue weighted by atomic mass is 10.2. The molecule has 0 radical (unpaired) electrons. The molecule has 23 heavy (non-hydrogen) atoms. The van der Waals surface area contributed by atoms with E-state index in [1.54, 1.807) is 12.1 Å². The van der Waals surface area contributed by atoms with Crippen molar-refractivity contribution < 1.29 is 14.3 Å². The van der Waals surface area contributed by atoms with Gasteiger partial charge in [0.25, 0.3) is 0 Å². The number of carbonyl (C=O) groups is 2. The number of nitrogens with one attached hydrogen (secondary N) is 2. The fraction of sp³-hybridized carbons (Fsp3) is 0.600. The van der Waals surface area contributed by atoms with Crippen LogP contribution in [0.4, 0.5) is 5.82 Å². The lowest BCUT2D eigenvalue weighted by Crippen LogP contribution is -2.32. The zero-order chi connectivity index (χ0) is 16.1. The second-order valence-electron chi connectivity index (χ2n) is 5.75. The van der Waals surface area contributed by atoms with E-state index in [0.29, 0.717) is 17.4 Å². The fourth-order valence-corrected chi connectivity index (χ4v) is 2.90. The number of aromatic nitrogens is 2. The molecule has 2 heterocycles. The van der Waals surface area contributed by atoms with Crippen molar-refractivity contribution in [2.75, 3.05) is 24.2 Å². The van der Waals surface area contributed by atoms with Crippen LogP contribution in [0.2, 0.25) is 0 Å². The largest absolute Gasteiger partial charge is 0.376 e. The molecule has 0 bridgehead atoms. The maximum atomic E-state index is 11.8. The number of rotatable bonds is 7.